The number of piperidine rings is 2. The normalized spacial score (nSPS) is 26.4. The van der Waals surface area contributed by atoms with Crippen LogP contribution in [0, 0.1) is 17.8 Å². The van der Waals surface area contributed by atoms with Crippen LogP contribution in [0.25, 0.3) is 10.2 Å². The van der Waals surface area contributed by atoms with Gasteiger partial charge in [0, 0.05) is 31.7 Å². The fraction of sp³-hybridized carbons (Fsp3) is 0.542. The molecule has 2 aliphatic heterocycles. The van der Waals surface area contributed by atoms with Crippen LogP contribution in [0.3, 0.4) is 0 Å². The van der Waals surface area contributed by atoms with Gasteiger partial charge in [-0.05, 0) is 56.1 Å². The number of fused-ring (bicyclic) bond motifs is 2. The molecule has 4 heterocycles. The van der Waals surface area contributed by atoms with Gasteiger partial charge in [0.15, 0.2) is 5.69 Å². The lowest BCUT2D eigenvalue weighted by molar-refractivity contribution is -0.141. The van der Waals surface area contributed by atoms with Crippen molar-refractivity contribution in [1.82, 2.24) is 15.0 Å². The van der Waals surface area contributed by atoms with Crippen LogP contribution in [0.4, 0.5) is 24.9 Å². The number of thiazole rings is 1. The molecule has 0 N–H and O–H groups in total. The number of hydrogen-bond donors (Lipinski definition) is 0. The molecule has 36 heavy (non-hydrogen) atoms. The molecule has 0 radical (unpaired) electrons. The van der Waals surface area contributed by atoms with E-state index >= 15 is 0 Å². The highest BCUT2D eigenvalue weighted by atomic mass is 32.2. The van der Waals surface area contributed by atoms with Gasteiger partial charge in [-0.1, -0.05) is 12.1 Å². The third kappa shape index (κ3) is 4.31. The molecular formula is C24H26F3N5O2S2. The standard InChI is InChI=1S/C24H26F3N5O2S2/c1-14-6-4-5-9-32(14)22-29-20(24(25,26)27)10-21(30-22)31-11-15-16(12-31)17(15)13-36(33,34)23-28-18-7-2-3-8-19(18)35-23/h2-3,7-8,10,14-17H,4-6,9,11-13H2,1H3/t14-,15-,16+,17?/m0/s1. The maximum Gasteiger partial charge on any atom is 0.433 e. The van der Waals surface area contributed by atoms with Crippen molar-refractivity contribution in [2.24, 2.45) is 17.8 Å². The molecule has 6 rings (SSSR count). The Morgan fingerprint density at radius 3 is 2.53 bits per heavy atom. The number of aromatic nitrogens is 3. The lowest BCUT2D eigenvalue weighted by atomic mass is 10.0. The molecule has 1 saturated carbocycles. The molecular weight excluding hydrogens is 511 g/mol. The molecule has 1 aliphatic carbocycles. The highest BCUT2D eigenvalue weighted by Crippen LogP contribution is 2.53. The summed E-state index contributed by atoms with van der Waals surface area (Å²) in [5, 5.41) is 0. The molecule has 3 fully saturated rings. The number of nitrogens with zero attached hydrogens (tertiary/aromatic N) is 5. The summed E-state index contributed by atoms with van der Waals surface area (Å²) in [6, 6.07) is 8.43. The molecule has 0 bridgehead atoms. The number of anilines is 2. The number of benzene rings is 1. The Labute approximate surface area is 211 Å². The van der Waals surface area contributed by atoms with Gasteiger partial charge in [-0.15, -0.1) is 11.3 Å². The number of alkyl halides is 3. The van der Waals surface area contributed by atoms with Gasteiger partial charge in [0.1, 0.15) is 5.82 Å². The average Bonchev–Trinajstić information content (AvgIpc) is 3.21. The molecule has 0 amide bonds. The van der Waals surface area contributed by atoms with E-state index in [1.807, 2.05) is 34.9 Å². The molecule has 3 aliphatic rings. The summed E-state index contributed by atoms with van der Waals surface area (Å²) in [6.45, 7) is 3.62. The highest BCUT2D eigenvalue weighted by Gasteiger charge is 2.57. The predicted molar refractivity (Wildman–Crippen MR) is 132 cm³/mol. The van der Waals surface area contributed by atoms with Crippen molar-refractivity contribution >= 4 is 43.2 Å². The number of hydrogen-bond acceptors (Lipinski definition) is 8. The minimum Gasteiger partial charge on any atom is -0.356 e. The van der Waals surface area contributed by atoms with Gasteiger partial charge in [0.05, 0.1) is 16.0 Å². The first-order valence-corrected chi connectivity index (χ1v) is 14.6. The van der Waals surface area contributed by atoms with Gasteiger partial charge < -0.3 is 9.80 Å². The quantitative estimate of drug-likeness (QED) is 0.469. The maximum absolute atomic E-state index is 13.7. The highest BCUT2D eigenvalue weighted by molar-refractivity contribution is 7.93. The third-order valence-electron chi connectivity index (χ3n) is 7.70. The van der Waals surface area contributed by atoms with Gasteiger partial charge in [-0.3, -0.25) is 0 Å². The molecule has 4 atom stereocenters. The number of para-hydroxylation sites is 1. The Bertz CT molecular complexity index is 1370. The van der Waals surface area contributed by atoms with Gasteiger partial charge in [-0.2, -0.15) is 18.2 Å². The van der Waals surface area contributed by atoms with E-state index in [0.717, 1.165) is 30.0 Å². The van der Waals surface area contributed by atoms with Gasteiger partial charge in [0.25, 0.3) is 0 Å². The van der Waals surface area contributed by atoms with Crippen molar-refractivity contribution in [2.45, 2.75) is 42.7 Å². The number of sulfone groups is 1. The Kier molecular flexibility index (Phi) is 5.67. The maximum atomic E-state index is 13.7. The van der Waals surface area contributed by atoms with E-state index in [-0.39, 0.29) is 45.7 Å². The smallest absolute Gasteiger partial charge is 0.356 e. The first kappa shape index (κ1) is 23.9. The molecule has 2 aromatic heterocycles. The molecule has 1 aromatic carbocycles. The average molecular weight is 538 g/mol. The van der Waals surface area contributed by atoms with E-state index in [1.54, 1.807) is 6.07 Å². The van der Waals surface area contributed by atoms with Crippen LogP contribution < -0.4 is 9.80 Å². The summed E-state index contributed by atoms with van der Waals surface area (Å²) in [5.74, 6) is 0.646. The summed E-state index contributed by atoms with van der Waals surface area (Å²) in [4.78, 5) is 16.4. The molecule has 2 saturated heterocycles. The fourth-order valence-corrected chi connectivity index (χ4v) is 8.70. The van der Waals surface area contributed by atoms with Gasteiger partial charge in [0.2, 0.25) is 20.1 Å². The summed E-state index contributed by atoms with van der Waals surface area (Å²) in [6.07, 6.45) is -1.73. The van der Waals surface area contributed by atoms with E-state index in [2.05, 4.69) is 15.0 Å². The van der Waals surface area contributed by atoms with E-state index in [9.17, 15) is 21.6 Å². The van der Waals surface area contributed by atoms with Crippen LogP contribution >= 0.6 is 11.3 Å². The minimum atomic E-state index is -4.57. The van der Waals surface area contributed by atoms with E-state index in [1.165, 1.54) is 11.3 Å². The van der Waals surface area contributed by atoms with Gasteiger partial charge in [-0.25, -0.2) is 18.4 Å². The Morgan fingerprint density at radius 1 is 1.08 bits per heavy atom. The molecule has 3 aromatic rings. The Balaban J connectivity index is 1.19. The van der Waals surface area contributed by atoms with Crippen molar-refractivity contribution in [3.05, 3.63) is 36.0 Å². The first-order valence-electron chi connectivity index (χ1n) is 12.2. The minimum absolute atomic E-state index is 0.0104. The van der Waals surface area contributed by atoms with Crippen LogP contribution in [0.15, 0.2) is 34.7 Å². The van der Waals surface area contributed by atoms with Crippen molar-refractivity contribution < 1.29 is 21.6 Å². The predicted octanol–water partition coefficient (Wildman–Crippen LogP) is 4.64. The largest absolute Gasteiger partial charge is 0.433 e. The molecule has 0 spiro atoms. The fourth-order valence-electron chi connectivity index (χ4n) is 5.65. The SMILES string of the molecule is C[C@H]1CCCCN1c1nc(N2C[C@@H]3C(CS(=O)(=O)c4nc5ccccc5s4)[C@@H]3C2)cc(C(F)(F)F)n1. The van der Waals surface area contributed by atoms with Crippen molar-refractivity contribution in [3.8, 4) is 0 Å². The van der Waals surface area contributed by atoms with Crippen LogP contribution in [0.1, 0.15) is 31.9 Å². The van der Waals surface area contributed by atoms with E-state index in [0.29, 0.717) is 25.2 Å². The monoisotopic (exact) mass is 537 g/mol. The number of rotatable bonds is 5. The van der Waals surface area contributed by atoms with Crippen LogP contribution in [-0.2, 0) is 16.0 Å². The Hall–Kier alpha value is -2.47. The van der Waals surface area contributed by atoms with Crippen LogP contribution in [0.5, 0.6) is 0 Å². The lowest BCUT2D eigenvalue weighted by Crippen LogP contribution is -2.39. The zero-order chi connectivity index (χ0) is 25.2. The second-order valence-corrected chi connectivity index (χ2v) is 13.3. The first-order chi connectivity index (χ1) is 17.1. The summed E-state index contributed by atoms with van der Waals surface area (Å²) in [7, 11) is -3.53. The van der Waals surface area contributed by atoms with Crippen molar-refractivity contribution in [2.75, 3.05) is 35.2 Å². The van der Waals surface area contributed by atoms with Crippen molar-refractivity contribution in [1.29, 1.82) is 0 Å². The third-order valence-corrected chi connectivity index (χ3v) is 11.0. The zero-order valence-corrected chi connectivity index (χ0v) is 21.3. The lowest BCUT2D eigenvalue weighted by Gasteiger charge is -2.34. The van der Waals surface area contributed by atoms with Gasteiger partial charge >= 0.3 is 6.18 Å². The Morgan fingerprint density at radius 2 is 1.83 bits per heavy atom. The second kappa shape index (κ2) is 8.54. The molecule has 1 unspecified atom stereocenters. The van der Waals surface area contributed by atoms with Crippen LogP contribution in [0.2, 0.25) is 0 Å². The topological polar surface area (TPSA) is 79.3 Å². The summed E-state index contributed by atoms with van der Waals surface area (Å²) in [5.41, 5.74) is -0.262. The zero-order valence-electron chi connectivity index (χ0n) is 19.6. The molecule has 192 valence electrons. The molecule has 7 nitrogen and oxygen atoms in total. The number of halogens is 3. The van der Waals surface area contributed by atoms with Crippen molar-refractivity contribution in [3.63, 3.8) is 0 Å². The second-order valence-electron chi connectivity index (χ2n) is 10.1. The summed E-state index contributed by atoms with van der Waals surface area (Å²) >= 11 is 1.18. The summed E-state index contributed by atoms with van der Waals surface area (Å²) < 4.78 is 68.0. The van der Waals surface area contributed by atoms with E-state index < -0.39 is 21.7 Å². The molecule has 12 heteroatoms. The van der Waals surface area contributed by atoms with E-state index in [4.69, 9.17) is 0 Å². The van der Waals surface area contributed by atoms with Crippen LogP contribution in [-0.4, -0.2) is 54.8 Å².